The van der Waals surface area contributed by atoms with Crippen LogP contribution in [-0.2, 0) is 6.42 Å². The minimum Gasteiger partial charge on any atom is -0.457 e. The highest BCUT2D eigenvalue weighted by molar-refractivity contribution is 9.10. The third-order valence-corrected chi connectivity index (χ3v) is 4.56. The molecule has 1 atom stereocenters. The van der Waals surface area contributed by atoms with Crippen LogP contribution < -0.4 is 5.32 Å². The van der Waals surface area contributed by atoms with Crippen molar-refractivity contribution >= 4 is 27.3 Å². The summed E-state index contributed by atoms with van der Waals surface area (Å²) in [6.07, 6.45) is 2.58. The van der Waals surface area contributed by atoms with Crippen LogP contribution in [-0.4, -0.2) is 12.0 Å². The Kier molecular flexibility index (Phi) is 4.01. The molecule has 0 aliphatic heterocycles. The first-order valence-electron chi connectivity index (χ1n) is 5.45. The molecule has 92 valence electrons. The molecule has 0 saturated heterocycles. The van der Waals surface area contributed by atoms with E-state index in [0.717, 1.165) is 27.4 Å². The first kappa shape index (κ1) is 12.8. The second kappa shape index (κ2) is 5.33. The van der Waals surface area contributed by atoms with Gasteiger partial charge in [0.25, 0.3) is 0 Å². The number of likely N-dealkylation sites (N-methyl/N-ethyl adjacent to an activating group) is 1. The number of thiazole rings is 1. The highest BCUT2D eigenvalue weighted by Crippen LogP contribution is 2.28. The van der Waals surface area contributed by atoms with Crippen LogP contribution in [0.3, 0.4) is 0 Å². The molecule has 2 heterocycles. The topological polar surface area (TPSA) is 38.1 Å². The zero-order valence-electron chi connectivity index (χ0n) is 10.1. The molecule has 0 spiro atoms. The first-order valence-corrected chi connectivity index (χ1v) is 7.05. The molecule has 1 unspecified atom stereocenters. The van der Waals surface area contributed by atoms with Gasteiger partial charge in [0, 0.05) is 22.9 Å². The van der Waals surface area contributed by atoms with Gasteiger partial charge in [0.15, 0.2) is 4.67 Å². The number of halogens is 1. The summed E-state index contributed by atoms with van der Waals surface area (Å²) in [4.78, 5) is 5.86. The molecule has 2 aromatic rings. The molecular formula is C12H15BrN2OS. The second-order valence-electron chi connectivity index (χ2n) is 3.94. The van der Waals surface area contributed by atoms with Crippen molar-refractivity contribution < 1.29 is 4.42 Å². The third kappa shape index (κ3) is 2.78. The Hall–Kier alpha value is -0.650. The van der Waals surface area contributed by atoms with Gasteiger partial charge in [-0.2, -0.15) is 0 Å². The smallest absolute Gasteiger partial charge is 0.173 e. The standard InChI is InChI=1S/C12H15BrN2OS/c1-7-8(2)17-11(15-7)6-10(14-3)9-4-5-16-12(9)13/h4-5,10,14H,6H2,1-3H3. The molecule has 0 saturated carbocycles. The van der Waals surface area contributed by atoms with E-state index in [4.69, 9.17) is 4.42 Å². The fourth-order valence-corrected chi connectivity index (χ4v) is 3.22. The van der Waals surface area contributed by atoms with E-state index in [9.17, 15) is 0 Å². The van der Waals surface area contributed by atoms with Gasteiger partial charge in [-0.15, -0.1) is 11.3 Å². The van der Waals surface area contributed by atoms with Crippen molar-refractivity contribution in [2.45, 2.75) is 26.3 Å². The van der Waals surface area contributed by atoms with Crippen LogP contribution in [0.5, 0.6) is 0 Å². The zero-order chi connectivity index (χ0) is 12.4. The van der Waals surface area contributed by atoms with Crippen LogP contribution in [0.4, 0.5) is 0 Å². The van der Waals surface area contributed by atoms with Crippen LogP contribution in [0.1, 0.15) is 27.2 Å². The summed E-state index contributed by atoms with van der Waals surface area (Å²) in [5.74, 6) is 0. The molecule has 0 fully saturated rings. The fraction of sp³-hybridized carbons (Fsp3) is 0.417. The van der Waals surface area contributed by atoms with E-state index in [1.165, 1.54) is 4.88 Å². The average Bonchev–Trinajstić information content (AvgIpc) is 2.83. The van der Waals surface area contributed by atoms with Crippen LogP contribution in [0, 0.1) is 13.8 Å². The van der Waals surface area contributed by atoms with Gasteiger partial charge < -0.3 is 9.73 Å². The molecule has 2 rings (SSSR count). The lowest BCUT2D eigenvalue weighted by atomic mass is 10.1. The Balaban J connectivity index is 2.18. The SMILES string of the molecule is CNC(Cc1nc(C)c(C)s1)c1ccoc1Br. The van der Waals surface area contributed by atoms with E-state index in [0.29, 0.717) is 0 Å². The number of aromatic nitrogens is 1. The summed E-state index contributed by atoms with van der Waals surface area (Å²) < 4.78 is 6.07. The van der Waals surface area contributed by atoms with E-state index in [2.05, 4.69) is 40.1 Å². The van der Waals surface area contributed by atoms with E-state index >= 15 is 0 Å². The number of hydrogen-bond donors (Lipinski definition) is 1. The van der Waals surface area contributed by atoms with Crippen molar-refractivity contribution in [2.24, 2.45) is 0 Å². The van der Waals surface area contributed by atoms with Gasteiger partial charge in [-0.1, -0.05) is 0 Å². The lowest BCUT2D eigenvalue weighted by Crippen LogP contribution is -2.18. The van der Waals surface area contributed by atoms with Crippen molar-refractivity contribution in [1.29, 1.82) is 0 Å². The highest BCUT2D eigenvalue weighted by Gasteiger charge is 2.17. The van der Waals surface area contributed by atoms with Gasteiger partial charge in [-0.05, 0) is 42.9 Å². The normalized spacial score (nSPS) is 12.9. The maximum atomic E-state index is 5.27. The minimum atomic E-state index is 0.230. The van der Waals surface area contributed by atoms with Gasteiger partial charge in [-0.25, -0.2) is 4.98 Å². The average molecular weight is 315 g/mol. The van der Waals surface area contributed by atoms with Crippen LogP contribution >= 0.6 is 27.3 Å². The predicted molar refractivity (Wildman–Crippen MR) is 73.5 cm³/mol. The van der Waals surface area contributed by atoms with E-state index < -0.39 is 0 Å². The first-order chi connectivity index (χ1) is 8.11. The van der Waals surface area contributed by atoms with E-state index in [1.807, 2.05) is 13.1 Å². The minimum absolute atomic E-state index is 0.230. The molecular weight excluding hydrogens is 300 g/mol. The molecule has 1 N–H and O–H groups in total. The van der Waals surface area contributed by atoms with Crippen molar-refractivity contribution in [2.75, 3.05) is 7.05 Å². The molecule has 0 radical (unpaired) electrons. The quantitative estimate of drug-likeness (QED) is 0.936. The molecule has 0 amide bonds. The number of hydrogen-bond acceptors (Lipinski definition) is 4. The van der Waals surface area contributed by atoms with Crippen LogP contribution in [0.25, 0.3) is 0 Å². The Morgan fingerprint density at radius 3 is 2.76 bits per heavy atom. The summed E-state index contributed by atoms with van der Waals surface area (Å²) in [7, 11) is 1.96. The highest BCUT2D eigenvalue weighted by atomic mass is 79.9. The van der Waals surface area contributed by atoms with Gasteiger partial charge in [0.2, 0.25) is 0 Å². The summed E-state index contributed by atoms with van der Waals surface area (Å²) in [5, 5.41) is 4.46. The Morgan fingerprint density at radius 1 is 1.53 bits per heavy atom. The van der Waals surface area contributed by atoms with Crippen molar-refractivity contribution in [3.05, 3.63) is 38.1 Å². The number of nitrogens with zero attached hydrogens (tertiary/aromatic N) is 1. The lowest BCUT2D eigenvalue weighted by molar-refractivity contribution is 0.518. The van der Waals surface area contributed by atoms with Crippen molar-refractivity contribution in [3.8, 4) is 0 Å². The summed E-state index contributed by atoms with van der Waals surface area (Å²) >= 11 is 5.18. The Bertz CT molecular complexity index is 487. The van der Waals surface area contributed by atoms with Gasteiger partial charge in [-0.3, -0.25) is 0 Å². The van der Waals surface area contributed by atoms with Crippen molar-refractivity contribution in [1.82, 2.24) is 10.3 Å². The maximum Gasteiger partial charge on any atom is 0.173 e. The molecule has 17 heavy (non-hydrogen) atoms. The molecule has 0 aromatic carbocycles. The second-order valence-corrected chi connectivity index (χ2v) is 5.95. The summed E-state index contributed by atoms with van der Waals surface area (Å²) in [6, 6.07) is 2.21. The fourth-order valence-electron chi connectivity index (χ4n) is 1.72. The van der Waals surface area contributed by atoms with Gasteiger partial charge in [0.1, 0.15) is 0 Å². The lowest BCUT2D eigenvalue weighted by Gasteiger charge is -2.13. The van der Waals surface area contributed by atoms with Crippen LogP contribution in [0.2, 0.25) is 0 Å². The number of aryl methyl sites for hydroxylation is 2. The Labute approximate surface area is 113 Å². The van der Waals surface area contributed by atoms with Crippen molar-refractivity contribution in [3.63, 3.8) is 0 Å². The molecule has 0 aliphatic rings. The molecule has 3 nitrogen and oxygen atoms in total. The van der Waals surface area contributed by atoms with Gasteiger partial charge >= 0.3 is 0 Å². The predicted octanol–water partition coefficient (Wildman–Crippen LogP) is 3.62. The summed E-state index contributed by atoms with van der Waals surface area (Å²) in [5.41, 5.74) is 2.27. The van der Waals surface area contributed by atoms with Gasteiger partial charge in [0.05, 0.1) is 17.0 Å². The number of furan rings is 1. The Morgan fingerprint density at radius 2 is 2.29 bits per heavy atom. The number of rotatable bonds is 4. The largest absolute Gasteiger partial charge is 0.457 e. The molecule has 5 heteroatoms. The molecule has 0 aliphatic carbocycles. The number of nitrogens with one attached hydrogen (secondary N) is 1. The third-order valence-electron chi connectivity index (χ3n) is 2.82. The molecule has 0 bridgehead atoms. The van der Waals surface area contributed by atoms with Crippen LogP contribution in [0.15, 0.2) is 21.4 Å². The molecule has 2 aromatic heterocycles. The van der Waals surface area contributed by atoms with E-state index in [1.54, 1.807) is 17.6 Å². The monoisotopic (exact) mass is 314 g/mol. The maximum absolute atomic E-state index is 5.27. The van der Waals surface area contributed by atoms with E-state index in [-0.39, 0.29) is 6.04 Å². The summed E-state index contributed by atoms with van der Waals surface area (Å²) in [6.45, 7) is 4.16. The zero-order valence-corrected chi connectivity index (χ0v) is 12.5.